The molecule has 98 valence electrons. The fraction of sp³-hybridized carbons (Fsp3) is 0.333. The van der Waals surface area contributed by atoms with Crippen LogP contribution in [0.15, 0.2) is 24.3 Å². The van der Waals surface area contributed by atoms with Gasteiger partial charge in [0.05, 0.1) is 0 Å². The summed E-state index contributed by atoms with van der Waals surface area (Å²) in [5.74, 6) is -0.0767. The van der Waals surface area contributed by atoms with E-state index in [1.807, 2.05) is 6.92 Å². The molecule has 1 aromatic rings. The van der Waals surface area contributed by atoms with E-state index in [-0.39, 0.29) is 5.91 Å². The van der Waals surface area contributed by atoms with Gasteiger partial charge in [-0.05, 0) is 24.7 Å². The quantitative estimate of drug-likeness (QED) is 0.569. The van der Waals surface area contributed by atoms with Gasteiger partial charge in [-0.25, -0.2) is 4.79 Å². The van der Waals surface area contributed by atoms with E-state index in [0.717, 1.165) is 6.54 Å². The lowest BCUT2D eigenvalue weighted by molar-refractivity contribution is -0.116. The van der Waals surface area contributed by atoms with E-state index in [0.29, 0.717) is 24.3 Å². The monoisotopic (exact) mass is 250 g/mol. The van der Waals surface area contributed by atoms with E-state index < -0.39 is 6.03 Å². The molecule has 0 aliphatic heterocycles. The van der Waals surface area contributed by atoms with Crippen molar-refractivity contribution in [2.24, 2.45) is 5.73 Å². The number of benzene rings is 1. The molecule has 0 saturated carbocycles. The summed E-state index contributed by atoms with van der Waals surface area (Å²) >= 11 is 0. The normalized spacial score (nSPS) is 9.83. The van der Waals surface area contributed by atoms with Gasteiger partial charge in [0.25, 0.3) is 0 Å². The average molecular weight is 250 g/mol. The first-order chi connectivity index (χ1) is 8.61. The predicted octanol–water partition coefficient (Wildman–Crippen LogP) is 1.12. The lowest BCUT2D eigenvalue weighted by Gasteiger charge is -2.07. The maximum atomic E-state index is 11.6. The molecule has 0 heterocycles. The lowest BCUT2D eigenvalue weighted by atomic mass is 10.2. The number of anilines is 2. The van der Waals surface area contributed by atoms with E-state index in [9.17, 15) is 9.59 Å². The van der Waals surface area contributed by atoms with Crippen LogP contribution in [0.4, 0.5) is 16.2 Å². The van der Waals surface area contributed by atoms with Gasteiger partial charge < -0.3 is 21.7 Å². The Morgan fingerprint density at radius 3 is 2.50 bits per heavy atom. The molecule has 3 amide bonds. The van der Waals surface area contributed by atoms with Gasteiger partial charge in [0, 0.05) is 24.3 Å². The number of carbonyl (C=O) groups is 2. The topological polar surface area (TPSA) is 96.2 Å². The second kappa shape index (κ2) is 7.29. The van der Waals surface area contributed by atoms with Crippen LogP contribution >= 0.6 is 0 Å². The summed E-state index contributed by atoms with van der Waals surface area (Å²) in [5.41, 5.74) is 6.19. The van der Waals surface area contributed by atoms with Gasteiger partial charge in [0.15, 0.2) is 0 Å². The largest absolute Gasteiger partial charge is 0.351 e. The van der Waals surface area contributed by atoms with Crippen molar-refractivity contribution in [2.45, 2.75) is 13.3 Å². The summed E-state index contributed by atoms with van der Waals surface area (Å²) in [6.07, 6.45) is 0.404. The van der Waals surface area contributed by atoms with Crippen LogP contribution in [0, 0.1) is 0 Å². The minimum atomic E-state index is -0.634. The van der Waals surface area contributed by atoms with Crippen LogP contribution in [0.25, 0.3) is 0 Å². The van der Waals surface area contributed by atoms with Crippen molar-refractivity contribution in [3.63, 3.8) is 0 Å². The molecule has 0 unspecified atom stereocenters. The molecule has 0 aromatic heterocycles. The molecule has 0 spiro atoms. The summed E-state index contributed by atoms with van der Waals surface area (Å²) in [6.45, 7) is 3.46. The summed E-state index contributed by atoms with van der Waals surface area (Å²) in [7, 11) is 0. The maximum absolute atomic E-state index is 11.6. The molecule has 5 N–H and O–H groups in total. The van der Waals surface area contributed by atoms with Crippen molar-refractivity contribution in [1.82, 2.24) is 5.32 Å². The number of nitrogens with one attached hydrogen (secondary N) is 3. The number of nitrogens with two attached hydrogens (primary N) is 1. The fourth-order valence-electron chi connectivity index (χ4n) is 1.42. The van der Waals surface area contributed by atoms with Crippen LogP contribution in [0.5, 0.6) is 0 Å². The molecule has 0 aliphatic carbocycles. The van der Waals surface area contributed by atoms with Crippen LogP contribution in [-0.2, 0) is 4.79 Å². The number of amides is 3. The molecule has 0 aliphatic rings. The van der Waals surface area contributed by atoms with Gasteiger partial charge in [-0.1, -0.05) is 13.0 Å². The molecule has 6 heteroatoms. The molecule has 0 bridgehead atoms. The number of rotatable bonds is 6. The van der Waals surface area contributed by atoms with Crippen molar-refractivity contribution < 1.29 is 9.59 Å². The highest BCUT2D eigenvalue weighted by Gasteiger charge is 2.03. The van der Waals surface area contributed by atoms with Crippen LogP contribution in [0.3, 0.4) is 0 Å². The highest BCUT2D eigenvalue weighted by molar-refractivity contribution is 5.93. The maximum Gasteiger partial charge on any atom is 0.316 e. The SMILES string of the molecule is CCNCCC(=O)Nc1cccc(NC(N)=O)c1. The standard InChI is InChI=1S/C12H18N4O2/c1-2-14-7-6-11(17)15-9-4-3-5-10(8-9)16-12(13)18/h3-5,8,14H,2,6-7H2,1H3,(H,15,17)(H3,13,16,18). The first-order valence-corrected chi connectivity index (χ1v) is 5.79. The van der Waals surface area contributed by atoms with Crippen LogP contribution in [-0.4, -0.2) is 25.0 Å². The van der Waals surface area contributed by atoms with Crippen LogP contribution in [0.2, 0.25) is 0 Å². The van der Waals surface area contributed by atoms with Crippen molar-refractivity contribution in [3.05, 3.63) is 24.3 Å². The number of urea groups is 1. The summed E-state index contributed by atoms with van der Waals surface area (Å²) in [5, 5.41) is 8.26. The Labute approximate surface area is 106 Å². The predicted molar refractivity (Wildman–Crippen MR) is 71.4 cm³/mol. The Morgan fingerprint density at radius 2 is 1.89 bits per heavy atom. The molecule has 0 saturated heterocycles. The molecule has 6 nitrogen and oxygen atoms in total. The van der Waals surface area contributed by atoms with E-state index in [4.69, 9.17) is 5.73 Å². The zero-order valence-electron chi connectivity index (χ0n) is 10.3. The summed E-state index contributed by atoms with van der Waals surface area (Å²) < 4.78 is 0. The molecule has 0 atom stereocenters. The lowest BCUT2D eigenvalue weighted by Crippen LogP contribution is -2.21. The van der Waals surface area contributed by atoms with E-state index in [1.165, 1.54) is 0 Å². The number of hydrogen-bond acceptors (Lipinski definition) is 3. The van der Waals surface area contributed by atoms with E-state index >= 15 is 0 Å². The fourth-order valence-corrected chi connectivity index (χ4v) is 1.42. The molecule has 0 fully saturated rings. The van der Waals surface area contributed by atoms with Gasteiger partial charge in [0.1, 0.15) is 0 Å². The van der Waals surface area contributed by atoms with Crippen LogP contribution < -0.4 is 21.7 Å². The van der Waals surface area contributed by atoms with Gasteiger partial charge >= 0.3 is 6.03 Å². The molecular weight excluding hydrogens is 232 g/mol. The van der Waals surface area contributed by atoms with Gasteiger partial charge in [0.2, 0.25) is 5.91 Å². The average Bonchev–Trinajstić information content (AvgIpc) is 2.28. The minimum absolute atomic E-state index is 0.0767. The molecule has 1 rings (SSSR count). The second-order valence-corrected chi connectivity index (χ2v) is 3.72. The van der Waals surface area contributed by atoms with Gasteiger partial charge in [-0.15, -0.1) is 0 Å². The minimum Gasteiger partial charge on any atom is -0.351 e. The van der Waals surface area contributed by atoms with Crippen molar-refractivity contribution >= 4 is 23.3 Å². The Kier molecular flexibility index (Phi) is 5.66. The summed E-state index contributed by atoms with van der Waals surface area (Å²) in [4.78, 5) is 22.2. The molecule has 0 radical (unpaired) electrons. The number of primary amides is 1. The zero-order chi connectivity index (χ0) is 13.4. The highest BCUT2D eigenvalue weighted by Crippen LogP contribution is 2.14. The van der Waals surface area contributed by atoms with Crippen molar-refractivity contribution in [1.29, 1.82) is 0 Å². The highest BCUT2D eigenvalue weighted by atomic mass is 16.2. The Balaban J connectivity index is 2.51. The summed E-state index contributed by atoms with van der Waals surface area (Å²) in [6, 6.07) is 6.18. The Morgan fingerprint density at radius 1 is 1.22 bits per heavy atom. The van der Waals surface area contributed by atoms with E-state index in [1.54, 1.807) is 24.3 Å². The zero-order valence-corrected chi connectivity index (χ0v) is 10.3. The third kappa shape index (κ3) is 5.31. The van der Waals surface area contributed by atoms with Crippen molar-refractivity contribution in [3.8, 4) is 0 Å². The third-order valence-corrected chi connectivity index (χ3v) is 2.19. The first kappa shape index (κ1) is 14.0. The molecular formula is C12H18N4O2. The Bertz CT molecular complexity index is 420. The number of carbonyl (C=O) groups excluding carboxylic acids is 2. The molecule has 18 heavy (non-hydrogen) atoms. The smallest absolute Gasteiger partial charge is 0.316 e. The first-order valence-electron chi connectivity index (χ1n) is 5.79. The third-order valence-electron chi connectivity index (χ3n) is 2.19. The van der Waals surface area contributed by atoms with Gasteiger partial charge in [-0.2, -0.15) is 0 Å². The Hall–Kier alpha value is -2.08. The number of hydrogen-bond donors (Lipinski definition) is 4. The van der Waals surface area contributed by atoms with E-state index in [2.05, 4.69) is 16.0 Å². The van der Waals surface area contributed by atoms with Crippen LogP contribution in [0.1, 0.15) is 13.3 Å². The second-order valence-electron chi connectivity index (χ2n) is 3.72. The van der Waals surface area contributed by atoms with Gasteiger partial charge in [-0.3, -0.25) is 4.79 Å². The molecule has 1 aromatic carbocycles. The van der Waals surface area contributed by atoms with Crippen molar-refractivity contribution in [2.75, 3.05) is 23.7 Å².